The molecule has 2 heterocycles. The monoisotopic (exact) mass is 345 g/mol. The summed E-state index contributed by atoms with van der Waals surface area (Å²) in [7, 11) is 1.66. The van der Waals surface area contributed by atoms with Crippen LogP contribution < -0.4 is 4.80 Å². The van der Waals surface area contributed by atoms with Crippen molar-refractivity contribution < 1.29 is 9.53 Å². The Hall–Kier alpha value is -2.32. The number of methoxy groups -OCH3 is 1. The zero-order valence-corrected chi connectivity index (χ0v) is 14.7. The number of rotatable bonds is 5. The van der Waals surface area contributed by atoms with E-state index in [-0.39, 0.29) is 12.5 Å². The summed E-state index contributed by atoms with van der Waals surface area (Å²) in [6.45, 7) is 5.45. The summed E-state index contributed by atoms with van der Waals surface area (Å²) >= 11 is 1.51. The molecule has 0 saturated heterocycles. The number of ether oxygens (including phenoxy) is 1. The third-order valence-electron chi connectivity index (χ3n) is 3.80. The summed E-state index contributed by atoms with van der Waals surface area (Å²) in [5.41, 5.74) is 3.52. The number of hydrogen-bond acceptors (Lipinski definition) is 5. The summed E-state index contributed by atoms with van der Waals surface area (Å²) in [5.74, 6) is -0.258. The number of carbonyl (C=O) groups excluding carboxylic acids is 1. The highest BCUT2D eigenvalue weighted by atomic mass is 32.1. The van der Waals surface area contributed by atoms with Crippen molar-refractivity contribution in [3.05, 3.63) is 40.7 Å². The van der Waals surface area contributed by atoms with Crippen molar-refractivity contribution in [3.8, 4) is 0 Å². The molecule has 3 aromatic rings. The topological polar surface area (TPSA) is 74.3 Å². The van der Waals surface area contributed by atoms with Crippen LogP contribution in [0.3, 0.4) is 0 Å². The van der Waals surface area contributed by atoms with Crippen molar-refractivity contribution in [1.29, 1.82) is 0 Å². The summed E-state index contributed by atoms with van der Waals surface area (Å²) in [6, 6.07) is 4.28. The highest BCUT2D eigenvalue weighted by Gasteiger charge is 2.10. The van der Waals surface area contributed by atoms with Gasteiger partial charge < -0.3 is 9.30 Å². The predicted octanol–water partition coefficient (Wildman–Crippen LogP) is 1.69. The van der Waals surface area contributed by atoms with Crippen LogP contribution in [0.5, 0.6) is 0 Å². The van der Waals surface area contributed by atoms with Crippen molar-refractivity contribution in [2.75, 3.05) is 13.7 Å². The number of amides is 1. The van der Waals surface area contributed by atoms with Gasteiger partial charge in [0.2, 0.25) is 0 Å². The Bertz CT molecular complexity index is 924. The molecule has 1 aromatic carbocycles. The van der Waals surface area contributed by atoms with E-state index in [2.05, 4.69) is 41.1 Å². The molecular weight excluding hydrogens is 326 g/mol. The van der Waals surface area contributed by atoms with E-state index >= 15 is 0 Å². The van der Waals surface area contributed by atoms with Crippen LogP contribution in [0.4, 0.5) is 0 Å². The van der Waals surface area contributed by atoms with Crippen LogP contribution in [0.15, 0.2) is 29.8 Å². The largest absolute Gasteiger partial charge is 0.383 e. The first-order valence-corrected chi connectivity index (χ1v) is 8.39. The van der Waals surface area contributed by atoms with Crippen molar-refractivity contribution in [1.82, 2.24) is 19.3 Å². The molecule has 0 aliphatic carbocycles. The first kappa shape index (κ1) is 16.5. The average Bonchev–Trinajstić information content (AvgIpc) is 3.14. The maximum atomic E-state index is 12.2. The molecule has 0 atom stereocenters. The normalized spacial score (nSPS) is 12.2. The number of nitrogens with zero attached hydrogens (tertiary/aromatic N) is 5. The zero-order valence-electron chi connectivity index (χ0n) is 13.9. The third-order valence-corrected chi connectivity index (χ3v) is 4.84. The minimum Gasteiger partial charge on any atom is -0.383 e. The fraction of sp³-hybridized carbons (Fsp3) is 0.375. The standard InChI is InChI=1S/C16H19N5O2S/c1-11-6-13-14(7-12(11)2)24-16(21(13)4-5-23-3)19-15(22)8-20-10-17-9-18-20/h6-7,9-10H,4-5,8H2,1-3H3. The lowest BCUT2D eigenvalue weighted by Crippen LogP contribution is -2.20. The fourth-order valence-electron chi connectivity index (χ4n) is 2.40. The molecule has 0 unspecified atom stereocenters. The van der Waals surface area contributed by atoms with Gasteiger partial charge in [-0.2, -0.15) is 10.1 Å². The molecule has 0 bridgehead atoms. The van der Waals surface area contributed by atoms with Gasteiger partial charge in [0.25, 0.3) is 5.91 Å². The number of thiazole rings is 1. The lowest BCUT2D eigenvalue weighted by atomic mass is 10.1. The van der Waals surface area contributed by atoms with E-state index in [0.29, 0.717) is 18.0 Å². The molecule has 0 spiro atoms. The second-order valence-electron chi connectivity index (χ2n) is 5.53. The number of fused-ring (bicyclic) bond motifs is 1. The van der Waals surface area contributed by atoms with Crippen molar-refractivity contribution in [2.24, 2.45) is 4.99 Å². The quantitative estimate of drug-likeness (QED) is 0.705. The van der Waals surface area contributed by atoms with E-state index in [9.17, 15) is 4.79 Å². The fourth-order valence-corrected chi connectivity index (χ4v) is 3.55. The molecule has 3 rings (SSSR count). The van der Waals surface area contributed by atoms with Gasteiger partial charge >= 0.3 is 0 Å². The van der Waals surface area contributed by atoms with Gasteiger partial charge in [-0.1, -0.05) is 11.3 Å². The SMILES string of the molecule is COCCn1c(=NC(=O)Cn2cncn2)sc2cc(C)c(C)cc21. The summed E-state index contributed by atoms with van der Waals surface area (Å²) in [5, 5.41) is 3.94. The Balaban J connectivity index is 2.04. The van der Waals surface area contributed by atoms with Gasteiger partial charge in [-0.25, -0.2) is 9.67 Å². The van der Waals surface area contributed by atoms with E-state index in [1.54, 1.807) is 7.11 Å². The Morgan fingerprint density at radius 2 is 2.12 bits per heavy atom. The van der Waals surface area contributed by atoms with E-state index < -0.39 is 0 Å². The molecule has 24 heavy (non-hydrogen) atoms. The van der Waals surface area contributed by atoms with Gasteiger partial charge in [-0.3, -0.25) is 4.79 Å². The number of carbonyl (C=O) groups is 1. The van der Waals surface area contributed by atoms with Gasteiger partial charge in [-0.05, 0) is 37.1 Å². The zero-order chi connectivity index (χ0) is 17.1. The first-order valence-electron chi connectivity index (χ1n) is 7.58. The second kappa shape index (κ2) is 7.06. The van der Waals surface area contributed by atoms with E-state index in [0.717, 1.165) is 10.2 Å². The average molecular weight is 345 g/mol. The van der Waals surface area contributed by atoms with Crippen LogP contribution in [0.25, 0.3) is 10.2 Å². The Morgan fingerprint density at radius 1 is 1.33 bits per heavy atom. The number of aryl methyl sites for hydroxylation is 2. The highest BCUT2D eigenvalue weighted by Crippen LogP contribution is 2.22. The summed E-state index contributed by atoms with van der Waals surface area (Å²) < 4.78 is 9.81. The number of hydrogen-bond donors (Lipinski definition) is 0. The number of aromatic nitrogens is 4. The smallest absolute Gasteiger partial charge is 0.270 e. The molecule has 2 aromatic heterocycles. The summed E-state index contributed by atoms with van der Waals surface area (Å²) in [4.78, 5) is 21.0. The van der Waals surface area contributed by atoms with Crippen LogP contribution >= 0.6 is 11.3 Å². The molecule has 0 fully saturated rings. The molecule has 0 aliphatic heterocycles. The van der Waals surface area contributed by atoms with E-state index in [4.69, 9.17) is 4.74 Å². The predicted molar refractivity (Wildman–Crippen MR) is 91.8 cm³/mol. The Morgan fingerprint density at radius 3 is 2.83 bits per heavy atom. The lowest BCUT2D eigenvalue weighted by molar-refractivity contribution is -0.118. The Labute approximate surface area is 143 Å². The molecule has 8 heteroatoms. The molecule has 1 amide bonds. The first-order chi connectivity index (χ1) is 11.6. The van der Waals surface area contributed by atoms with Gasteiger partial charge in [0.05, 0.1) is 16.8 Å². The van der Waals surface area contributed by atoms with Crippen molar-refractivity contribution in [3.63, 3.8) is 0 Å². The molecular formula is C16H19N5O2S. The highest BCUT2D eigenvalue weighted by molar-refractivity contribution is 7.16. The van der Waals surface area contributed by atoms with E-state index in [1.807, 2.05) is 4.57 Å². The van der Waals surface area contributed by atoms with E-state index in [1.165, 1.54) is 39.8 Å². The van der Waals surface area contributed by atoms with Crippen molar-refractivity contribution in [2.45, 2.75) is 26.9 Å². The van der Waals surface area contributed by atoms with Crippen LogP contribution in [-0.4, -0.2) is 39.0 Å². The summed E-state index contributed by atoms with van der Waals surface area (Å²) in [6.07, 6.45) is 2.90. The van der Waals surface area contributed by atoms with Crippen molar-refractivity contribution >= 4 is 27.5 Å². The van der Waals surface area contributed by atoms with Gasteiger partial charge in [0.1, 0.15) is 19.2 Å². The molecule has 0 N–H and O–H groups in total. The Kier molecular flexibility index (Phi) is 4.86. The second-order valence-corrected chi connectivity index (χ2v) is 6.54. The van der Waals surface area contributed by atoms with Gasteiger partial charge in [0.15, 0.2) is 4.80 Å². The lowest BCUT2D eigenvalue weighted by Gasteiger charge is -2.06. The van der Waals surface area contributed by atoms with Crippen LogP contribution in [-0.2, 0) is 22.6 Å². The third kappa shape index (κ3) is 3.44. The minimum atomic E-state index is -0.258. The molecule has 0 saturated carbocycles. The van der Waals surface area contributed by atoms with Crippen LogP contribution in [0.1, 0.15) is 11.1 Å². The van der Waals surface area contributed by atoms with Crippen LogP contribution in [0.2, 0.25) is 0 Å². The van der Waals surface area contributed by atoms with Gasteiger partial charge in [0, 0.05) is 13.7 Å². The minimum absolute atomic E-state index is 0.0799. The molecule has 7 nitrogen and oxygen atoms in total. The van der Waals surface area contributed by atoms with Gasteiger partial charge in [-0.15, -0.1) is 0 Å². The maximum Gasteiger partial charge on any atom is 0.270 e. The number of benzene rings is 1. The molecule has 126 valence electrons. The maximum absolute atomic E-state index is 12.2. The van der Waals surface area contributed by atoms with Crippen LogP contribution in [0, 0.1) is 13.8 Å². The molecule has 0 aliphatic rings. The molecule has 0 radical (unpaired) electrons.